The largest absolute Gasteiger partial charge is 0.476 e. The minimum Gasteiger partial charge on any atom is -0.476 e. The van der Waals surface area contributed by atoms with Gasteiger partial charge in [-0.05, 0) is 0 Å². The van der Waals surface area contributed by atoms with E-state index in [4.69, 9.17) is 15.2 Å². The highest BCUT2D eigenvalue weighted by molar-refractivity contribution is 5.89. The Hall–Kier alpha value is -1.03. The highest BCUT2D eigenvalue weighted by atomic mass is 16.5. The molecule has 1 aliphatic rings. The summed E-state index contributed by atoms with van der Waals surface area (Å²) >= 11 is 0. The van der Waals surface area contributed by atoms with Gasteiger partial charge in [-0.25, -0.2) is 4.99 Å². The van der Waals surface area contributed by atoms with E-state index in [2.05, 4.69) is 4.99 Å². The number of nitrogens with zero attached hydrogens (tertiary/aromatic N) is 1. The Morgan fingerprint density at radius 2 is 2.73 bits per heavy atom. The third-order valence-corrected chi connectivity index (χ3v) is 1.23. The van der Waals surface area contributed by atoms with E-state index < -0.39 is 0 Å². The number of ether oxygens (including phenoxy) is 2. The van der Waals surface area contributed by atoms with Crippen LogP contribution in [0.2, 0.25) is 0 Å². The minimum absolute atomic E-state index is 0.419. The van der Waals surface area contributed by atoms with Crippen molar-refractivity contribution in [2.75, 3.05) is 26.9 Å². The molecule has 62 valence electrons. The number of hydrogen-bond acceptors (Lipinski definition) is 4. The van der Waals surface area contributed by atoms with Gasteiger partial charge in [0.25, 0.3) is 0 Å². The van der Waals surface area contributed by atoms with Crippen LogP contribution in [0.3, 0.4) is 0 Å². The quantitative estimate of drug-likeness (QED) is 0.621. The van der Waals surface area contributed by atoms with Crippen molar-refractivity contribution in [1.82, 2.24) is 0 Å². The molecule has 0 aromatic rings. The number of methoxy groups -OCH3 is 1. The molecule has 2 N–H and O–H groups in total. The van der Waals surface area contributed by atoms with Crippen LogP contribution < -0.4 is 5.73 Å². The summed E-state index contributed by atoms with van der Waals surface area (Å²) in [7, 11) is 1.60. The second kappa shape index (κ2) is 3.98. The Labute approximate surface area is 65.7 Å². The standard InChI is InChI=1S/C7H12N2O2/c1-10-5-6(8)4-7-9-2-3-11-7/h4H,2-3,5,8H2,1H3/b6-4+. The van der Waals surface area contributed by atoms with Gasteiger partial charge >= 0.3 is 0 Å². The lowest BCUT2D eigenvalue weighted by molar-refractivity contribution is 0.224. The van der Waals surface area contributed by atoms with Crippen LogP contribution in [0.5, 0.6) is 0 Å². The van der Waals surface area contributed by atoms with Crippen LogP contribution in [-0.4, -0.2) is 32.8 Å². The molecule has 0 spiro atoms. The van der Waals surface area contributed by atoms with Gasteiger partial charge in [0.2, 0.25) is 5.90 Å². The Balaban J connectivity index is 2.42. The van der Waals surface area contributed by atoms with Crippen molar-refractivity contribution in [3.63, 3.8) is 0 Å². The molecule has 0 aliphatic carbocycles. The Kier molecular flexibility index (Phi) is 2.92. The van der Waals surface area contributed by atoms with E-state index in [-0.39, 0.29) is 0 Å². The van der Waals surface area contributed by atoms with Crippen molar-refractivity contribution >= 4 is 5.90 Å². The number of aliphatic imine (C=N–C) groups is 1. The smallest absolute Gasteiger partial charge is 0.210 e. The number of rotatable bonds is 3. The van der Waals surface area contributed by atoms with Crippen LogP contribution in [0.25, 0.3) is 0 Å². The van der Waals surface area contributed by atoms with E-state index >= 15 is 0 Å². The molecule has 0 bridgehead atoms. The third kappa shape index (κ3) is 2.59. The van der Waals surface area contributed by atoms with Crippen LogP contribution in [-0.2, 0) is 9.47 Å². The summed E-state index contributed by atoms with van der Waals surface area (Å²) in [4.78, 5) is 4.04. The molecular formula is C7H12N2O2. The lowest BCUT2D eigenvalue weighted by Crippen LogP contribution is -2.08. The molecule has 1 rings (SSSR count). The molecule has 1 aliphatic heterocycles. The zero-order valence-electron chi connectivity index (χ0n) is 6.54. The van der Waals surface area contributed by atoms with E-state index in [9.17, 15) is 0 Å². The summed E-state index contributed by atoms with van der Waals surface area (Å²) in [6.45, 7) is 1.81. The first-order chi connectivity index (χ1) is 5.33. The SMILES string of the molecule is COC/C(N)=C\C1=NCCO1. The number of nitrogens with two attached hydrogens (primary N) is 1. The van der Waals surface area contributed by atoms with Gasteiger partial charge in [-0.15, -0.1) is 0 Å². The molecule has 1 heterocycles. The molecule has 0 unspecified atom stereocenters. The maximum Gasteiger partial charge on any atom is 0.210 e. The summed E-state index contributed by atoms with van der Waals surface area (Å²) in [5, 5.41) is 0. The number of hydrogen-bond donors (Lipinski definition) is 1. The second-order valence-electron chi connectivity index (χ2n) is 2.22. The first kappa shape index (κ1) is 8.07. The van der Waals surface area contributed by atoms with Gasteiger partial charge in [0, 0.05) is 18.9 Å². The zero-order valence-corrected chi connectivity index (χ0v) is 6.54. The first-order valence-corrected chi connectivity index (χ1v) is 3.45. The normalized spacial score (nSPS) is 17.9. The fraction of sp³-hybridized carbons (Fsp3) is 0.571. The summed E-state index contributed by atoms with van der Waals surface area (Å²) in [6, 6.07) is 0. The summed E-state index contributed by atoms with van der Waals surface area (Å²) < 4.78 is 9.92. The molecule has 0 radical (unpaired) electrons. The van der Waals surface area contributed by atoms with Crippen LogP contribution in [0.4, 0.5) is 0 Å². The molecule has 0 saturated carbocycles. The van der Waals surface area contributed by atoms with Crippen LogP contribution in [0.15, 0.2) is 16.8 Å². The van der Waals surface area contributed by atoms with Crippen molar-refractivity contribution < 1.29 is 9.47 Å². The molecule has 0 amide bonds. The maximum absolute atomic E-state index is 5.54. The van der Waals surface area contributed by atoms with Crippen LogP contribution in [0.1, 0.15) is 0 Å². The molecule has 0 atom stereocenters. The van der Waals surface area contributed by atoms with Gasteiger partial charge in [-0.1, -0.05) is 0 Å². The predicted octanol–water partition coefficient (Wildman–Crippen LogP) is -0.0959. The molecule has 0 aromatic carbocycles. The fourth-order valence-electron chi connectivity index (χ4n) is 0.806. The van der Waals surface area contributed by atoms with E-state index in [1.54, 1.807) is 13.2 Å². The Bertz CT molecular complexity index is 187. The third-order valence-electron chi connectivity index (χ3n) is 1.23. The average molecular weight is 156 g/mol. The van der Waals surface area contributed by atoms with E-state index in [0.29, 0.717) is 24.8 Å². The highest BCUT2D eigenvalue weighted by Gasteiger charge is 2.03. The van der Waals surface area contributed by atoms with Gasteiger partial charge in [0.15, 0.2) is 0 Å². The predicted molar refractivity (Wildman–Crippen MR) is 42.4 cm³/mol. The monoisotopic (exact) mass is 156 g/mol. The molecular weight excluding hydrogens is 144 g/mol. The van der Waals surface area contributed by atoms with Gasteiger partial charge in [0.1, 0.15) is 6.61 Å². The topological polar surface area (TPSA) is 56.8 Å². The van der Waals surface area contributed by atoms with Crippen molar-refractivity contribution in [3.8, 4) is 0 Å². The zero-order chi connectivity index (χ0) is 8.10. The lowest BCUT2D eigenvalue weighted by atomic mass is 10.4. The molecule has 4 heteroatoms. The summed E-state index contributed by atoms with van der Waals surface area (Å²) in [5.74, 6) is 0.611. The maximum atomic E-state index is 5.54. The van der Waals surface area contributed by atoms with Crippen LogP contribution in [0, 0.1) is 0 Å². The lowest BCUT2D eigenvalue weighted by Gasteiger charge is -1.98. The molecule has 0 saturated heterocycles. The molecule has 4 nitrogen and oxygen atoms in total. The van der Waals surface area contributed by atoms with E-state index in [1.165, 1.54) is 0 Å². The summed E-state index contributed by atoms with van der Waals surface area (Å²) in [5.41, 5.74) is 6.17. The van der Waals surface area contributed by atoms with Gasteiger partial charge in [-0.3, -0.25) is 0 Å². The van der Waals surface area contributed by atoms with Gasteiger partial charge in [0.05, 0.1) is 13.2 Å². The highest BCUT2D eigenvalue weighted by Crippen LogP contribution is 1.97. The molecule has 0 aromatic heterocycles. The van der Waals surface area contributed by atoms with E-state index in [0.717, 1.165) is 6.54 Å². The Morgan fingerprint density at radius 3 is 3.27 bits per heavy atom. The fourth-order valence-corrected chi connectivity index (χ4v) is 0.806. The molecule has 0 fully saturated rings. The molecule has 11 heavy (non-hydrogen) atoms. The van der Waals surface area contributed by atoms with Gasteiger partial charge in [-0.2, -0.15) is 0 Å². The first-order valence-electron chi connectivity index (χ1n) is 3.45. The van der Waals surface area contributed by atoms with E-state index in [1.807, 2.05) is 0 Å². The Morgan fingerprint density at radius 1 is 1.91 bits per heavy atom. The second-order valence-corrected chi connectivity index (χ2v) is 2.22. The average Bonchev–Trinajstić information content (AvgIpc) is 2.40. The van der Waals surface area contributed by atoms with Gasteiger partial charge < -0.3 is 15.2 Å². The van der Waals surface area contributed by atoms with Crippen molar-refractivity contribution in [1.29, 1.82) is 0 Å². The van der Waals surface area contributed by atoms with Crippen molar-refractivity contribution in [2.45, 2.75) is 0 Å². The van der Waals surface area contributed by atoms with Crippen molar-refractivity contribution in [2.24, 2.45) is 10.7 Å². The van der Waals surface area contributed by atoms with Crippen molar-refractivity contribution in [3.05, 3.63) is 11.8 Å². The van der Waals surface area contributed by atoms with Crippen LogP contribution >= 0.6 is 0 Å². The minimum atomic E-state index is 0.419. The summed E-state index contributed by atoms with van der Waals surface area (Å²) in [6.07, 6.45) is 1.69.